The lowest BCUT2D eigenvalue weighted by atomic mass is 9.88. The fraction of sp³-hybridized carbons (Fsp3) is 0.308. The van der Waals surface area contributed by atoms with E-state index in [0.717, 1.165) is 36.6 Å². The summed E-state index contributed by atoms with van der Waals surface area (Å²) in [6.45, 7) is 1.62. The maximum Gasteiger partial charge on any atom is 0.161 e. The van der Waals surface area contributed by atoms with Crippen LogP contribution < -0.4 is 14.2 Å². The van der Waals surface area contributed by atoms with Crippen LogP contribution in [0.2, 0.25) is 0 Å². The average Bonchev–Trinajstić information content (AvgIpc) is 2.80. The first-order chi connectivity index (χ1) is 14.7. The van der Waals surface area contributed by atoms with E-state index in [2.05, 4.69) is 60.5 Å². The molecule has 1 heterocycles. The predicted molar refractivity (Wildman–Crippen MR) is 120 cm³/mol. The molecule has 3 aromatic rings. The van der Waals surface area contributed by atoms with Gasteiger partial charge >= 0.3 is 0 Å². The summed E-state index contributed by atoms with van der Waals surface area (Å²) in [5, 5.41) is 0. The molecule has 0 fully saturated rings. The SMILES string of the molecule is COc1cc2c(cc1OC)C(Cc1ccc(OCc3ccccc3)cc1)N(C)CC2. The number of methoxy groups -OCH3 is 2. The van der Waals surface area contributed by atoms with E-state index in [1.54, 1.807) is 14.2 Å². The second-order valence-electron chi connectivity index (χ2n) is 7.77. The molecule has 0 aliphatic carbocycles. The Morgan fingerprint density at radius 1 is 0.867 bits per heavy atom. The molecular formula is C26H29NO3. The summed E-state index contributed by atoms with van der Waals surface area (Å²) in [7, 11) is 5.58. The Morgan fingerprint density at radius 3 is 2.27 bits per heavy atom. The number of rotatable bonds is 7. The van der Waals surface area contributed by atoms with Crippen molar-refractivity contribution < 1.29 is 14.2 Å². The lowest BCUT2D eigenvalue weighted by Gasteiger charge is -2.35. The quantitative estimate of drug-likeness (QED) is 0.552. The van der Waals surface area contributed by atoms with Gasteiger partial charge in [0, 0.05) is 12.6 Å². The molecule has 0 N–H and O–H groups in total. The lowest BCUT2D eigenvalue weighted by molar-refractivity contribution is 0.228. The van der Waals surface area contributed by atoms with Gasteiger partial charge < -0.3 is 14.2 Å². The summed E-state index contributed by atoms with van der Waals surface area (Å²) in [4.78, 5) is 2.42. The van der Waals surface area contributed by atoms with Crippen LogP contribution in [0.25, 0.3) is 0 Å². The molecule has 0 bridgehead atoms. The van der Waals surface area contributed by atoms with E-state index in [1.165, 1.54) is 22.3 Å². The number of likely N-dealkylation sites (N-methyl/N-ethyl adjacent to an activating group) is 1. The molecule has 30 heavy (non-hydrogen) atoms. The molecule has 1 aliphatic rings. The number of hydrogen-bond donors (Lipinski definition) is 0. The molecule has 0 aromatic heterocycles. The standard InChI is InChI=1S/C26H29NO3/c1-27-14-13-21-16-25(28-2)26(29-3)17-23(21)24(27)15-19-9-11-22(12-10-19)30-18-20-7-5-4-6-8-20/h4-12,16-17,24H,13-15,18H2,1-3H3. The molecule has 0 amide bonds. The first-order valence-corrected chi connectivity index (χ1v) is 10.4. The molecule has 1 unspecified atom stereocenters. The maximum atomic E-state index is 5.93. The van der Waals surface area contributed by atoms with Gasteiger partial charge in [-0.2, -0.15) is 0 Å². The van der Waals surface area contributed by atoms with Gasteiger partial charge in [-0.25, -0.2) is 0 Å². The number of ether oxygens (including phenoxy) is 3. The van der Waals surface area contributed by atoms with Crippen molar-refractivity contribution in [3.63, 3.8) is 0 Å². The number of hydrogen-bond acceptors (Lipinski definition) is 4. The molecule has 4 heteroatoms. The first kappa shape index (κ1) is 20.3. The van der Waals surface area contributed by atoms with Crippen LogP contribution in [0.5, 0.6) is 17.2 Å². The summed E-state index contributed by atoms with van der Waals surface area (Å²) in [5.74, 6) is 2.49. The van der Waals surface area contributed by atoms with Crippen LogP contribution in [0.3, 0.4) is 0 Å². The van der Waals surface area contributed by atoms with Crippen molar-refractivity contribution >= 4 is 0 Å². The zero-order chi connectivity index (χ0) is 20.9. The van der Waals surface area contributed by atoms with Crippen LogP contribution in [0, 0.1) is 0 Å². The molecule has 0 radical (unpaired) electrons. The van der Waals surface area contributed by atoms with Crippen molar-refractivity contribution in [2.24, 2.45) is 0 Å². The van der Waals surface area contributed by atoms with Gasteiger partial charge in [-0.1, -0.05) is 42.5 Å². The minimum Gasteiger partial charge on any atom is -0.493 e. The van der Waals surface area contributed by atoms with E-state index in [-0.39, 0.29) is 0 Å². The summed E-state index contributed by atoms with van der Waals surface area (Å²) in [6.07, 6.45) is 1.97. The van der Waals surface area contributed by atoms with E-state index in [9.17, 15) is 0 Å². The van der Waals surface area contributed by atoms with E-state index >= 15 is 0 Å². The third-order valence-corrected chi connectivity index (χ3v) is 5.87. The normalized spacial score (nSPS) is 16.0. The number of nitrogens with zero attached hydrogens (tertiary/aromatic N) is 1. The van der Waals surface area contributed by atoms with Crippen LogP contribution >= 0.6 is 0 Å². The molecule has 0 saturated carbocycles. The highest BCUT2D eigenvalue weighted by Crippen LogP contribution is 2.39. The second kappa shape index (κ2) is 9.23. The number of benzene rings is 3. The summed E-state index contributed by atoms with van der Waals surface area (Å²) < 4.78 is 17.0. The van der Waals surface area contributed by atoms with Gasteiger partial charge in [0.15, 0.2) is 11.5 Å². The van der Waals surface area contributed by atoms with Gasteiger partial charge in [0.1, 0.15) is 12.4 Å². The topological polar surface area (TPSA) is 30.9 Å². The Labute approximate surface area is 179 Å². The highest BCUT2D eigenvalue weighted by molar-refractivity contribution is 5.50. The van der Waals surface area contributed by atoms with Crippen LogP contribution in [-0.4, -0.2) is 32.7 Å². The van der Waals surface area contributed by atoms with Crippen molar-refractivity contribution in [2.45, 2.75) is 25.5 Å². The van der Waals surface area contributed by atoms with Crippen LogP contribution in [0.1, 0.15) is 28.3 Å². The second-order valence-corrected chi connectivity index (χ2v) is 7.77. The molecule has 0 spiro atoms. The summed E-state index contributed by atoms with van der Waals surface area (Å²) >= 11 is 0. The third kappa shape index (κ3) is 4.44. The van der Waals surface area contributed by atoms with E-state index in [1.807, 2.05) is 18.2 Å². The Hall–Kier alpha value is -2.98. The summed E-state index contributed by atoms with van der Waals surface area (Å²) in [6, 6.07) is 23.3. The van der Waals surface area contributed by atoms with Gasteiger partial charge in [-0.15, -0.1) is 0 Å². The highest BCUT2D eigenvalue weighted by Gasteiger charge is 2.27. The molecule has 3 aromatic carbocycles. The monoisotopic (exact) mass is 403 g/mol. The molecule has 4 nitrogen and oxygen atoms in total. The molecule has 1 aliphatic heterocycles. The Bertz CT molecular complexity index is 970. The van der Waals surface area contributed by atoms with Crippen molar-refractivity contribution in [3.05, 3.63) is 89.0 Å². The van der Waals surface area contributed by atoms with E-state index < -0.39 is 0 Å². The van der Waals surface area contributed by atoms with Crippen molar-refractivity contribution in [1.82, 2.24) is 4.90 Å². The van der Waals surface area contributed by atoms with Crippen LogP contribution in [0.15, 0.2) is 66.7 Å². The smallest absolute Gasteiger partial charge is 0.161 e. The highest BCUT2D eigenvalue weighted by atomic mass is 16.5. The molecule has 1 atom stereocenters. The van der Waals surface area contributed by atoms with Crippen LogP contribution in [0.4, 0.5) is 0 Å². The van der Waals surface area contributed by atoms with Gasteiger partial charge in [0.05, 0.1) is 14.2 Å². The summed E-state index contributed by atoms with van der Waals surface area (Å²) in [5.41, 5.74) is 5.14. The van der Waals surface area contributed by atoms with Crippen molar-refractivity contribution in [1.29, 1.82) is 0 Å². The van der Waals surface area contributed by atoms with Gasteiger partial charge in [-0.05, 0) is 66.4 Å². The largest absolute Gasteiger partial charge is 0.493 e. The average molecular weight is 404 g/mol. The van der Waals surface area contributed by atoms with Gasteiger partial charge in [-0.3, -0.25) is 4.90 Å². The number of fused-ring (bicyclic) bond motifs is 1. The molecular weight excluding hydrogens is 374 g/mol. The zero-order valence-corrected chi connectivity index (χ0v) is 17.9. The van der Waals surface area contributed by atoms with Crippen LogP contribution in [-0.2, 0) is 19.4 Å². The van der Waals surface area contributed by atoms with Crippen molar-refractivity contribution in [2.75, 3.05) is 27.8 Å². The minimum absolute atomic E-state index is 0.310. The van der Waals surface area contributed by atoms with E-state index in [4.69, 9.17) is 14.2 Å². The first-order valence-electron chi connectivity index (χ1n) is 10.4. The van der Waals surface area contributed by atoms with Crippen molar-refractivity contribution in [3.8, 4) is 17.2 Å². The molecule has 0 saturated heterocycles. The fourth-order valence-electron chi connectivity index (χ4n) is 4.11. The Kier molecular flexibility index (Phi) is 6.24. The Morgan fingerprint density at radius 2 is 1.57 bits per heavy atom. The molecule has 4 rings (SSSR count). The van der Waals surface area contributed by atoms with E-state index in [0.29, 0.717) is 12.6 Å². The lowest BCUT2D eigenvalue weighted by Crippen LogP contribution is -2.33. The predicted octanol–water partition coefficient (Wildman–Crippen LogP) is 5.05. The minimum atomic E-state index is 0.310. The van der Waals surface area contributed by atoms with Gasteiger partial charge in [0.2, 0.25) is 0 Å². The molecule has 156 valence electrons. The fourth-order valence-corrected chi connectivity index (χ4v) is 4.11. The zero-order valence-electron chi connectivity index (χ0n) is 17.9. The van der Waals surface area contributed by atoms with Gasteiger partial charge in [0.25, 0.3) is 0 Å². The maximum absolute atomic E-state index is 5.93. The third-order valence-electron chi connectivity index (χ3n) is 5.87. The Balaban J connectivity index is 1.49.